The monoisotopic (exact) mass is 355 g/mol. The predicted molar refractivity (Wildman–Crippen MR) is 81.2 cm³/mol. The van der Waals surface area contributed by atoms with E-state index in [0.717, 1.165) is 16.5 Å². The Labute approximate surface area is 132 Å². The highest BCUT2D eigenvalue weighted by Gasteiger charge is 2.44. The van der Waals surface area contributed by atoms with E-state index in [9.17, 15) is 14.7 Å². The number of ether oxygens (including phenoxy) is 1. The first-order chi connectivity index (χ1) is 9.99. The molecule has 0 aliphatic carbocycles. The van der Waals surface area contributed by atoms with Gasteiger partial charge in [-0.2, -0.15) is 0 Å². The number of likely N-dealkylation sites (tertiary alicyclic amines) is 1. The van der Waals surface area contributed by atoms with Crippen LogP contribution in [-0.2, 0) is 9.59 Å². The molecule has 0 radical (unpaired) electrons. The summed E-state index contributed by atoms with van der Waals surface area (Å²) in [6.45, 7) is 2.54. The number of hydrogen-bond donors (Lipinski definition) is 1. The summed E-state index contributed by atoms with van der Waals surface area (Å²) in [5.41, 5.74) is 0.814. The number of halogens is 1. The Hall–Kier alpha value is -1.56. The van der Waals surface area contributed by atoms with Crippen molar-refractivity contribution in [3.8, 4) is 5.75 Å². The molecule has 5 nitrogen and oxygen atoms in total. The van der Waals surface area contributed by atoms with Crippen molar-refractivity contribution in [3.63, 3.8) is 0 Å². The Morgan fingerprint density at radius 2 is 2.24 bits per heavy atom. The number of rotatable bonds is 5. The fourth-order valence-electron chi connectivity index (χ4n) is 2.80. The van der Waals surface area contributed by atoms with Gasteiger partial charge in [0.05, 0.1) is 23.5 Å². The molecule has 1 aliphatic rings. The summed E-state index contributed by atoms with van der Waals surface area (Å²) in [5.74, 6) is -1.05. The largest absolute Gasteiger partial charge is 0.496 e. The molecule has 21 heavy (non-hydrogen) atoms. The van der Waals surface area contributed by atoms with Gasteiger partial charge in [0.2, 0.25) is 5.91 Å². The maximum atomic E-state index is 12.1. The van der Waals surface area contributed by atoms with E-state index in [1.807, 2.05) is 19.1 Å². The summed E-state index contributed by atoms with van der Waals surface area (Å²) in [6, 6.07) is 5.02. The smallest absolute Gasteiger partial charge is 0.309 e. The van der Waals surface area contributed by atoms with Gasteiger partial charge in [-0.15, -0.1) is 0 Å². The van der Waals surface area contributed by atoms with E-state index in [1.54, 1.807) is 18.1 Å². The number of nitrogens with zero attached hydrogens (tertiary/aromatic N) is 1. The van der Waals surface area contributed by atoms with Crippen LogP contribution in [0.25, 0.3) is 0 Å². The normalized spacial score (nSPS) is 21.7. The van der Waals surface area contributed by atoms with Crippen LogP contribution in [0.4, 0.5) is 0 Å². The highest BCUT2D eigenvalue weighted by atomic mass is 79.9. The highest BCUT2D eigenvalue weighted by Crippen LogP contribution is 2.40. The summed E-state index contributed by atoms with van der Waals surface area (Å²) in [7, 11) is 1.57. The number of carboxylic acid groups (broad SMARTS) is 1. The van der Waals surface area contributed by atoms with E-state index in [0.29, 0.717) is 12.3 Å². The molecule has 2 unspecified atom stereocenters. The summed E-state index contributed by atoms with van der Waals surface area (Å²) >= 11 is 3.41. The molecule has 0 spiro atoms. The second kappa shape index (κ2) is 6.47. The van der Waals surface area contributed by atoms with Crippen molar-refractivity contribution in [3.05, 3.63) is 28.2 Å². The van der Waals surface area contributed by atoms with E-state index in [1.165, 1.54) is 0 Å². The number of carbonyl (C=O) groups is 2. The van der Waals surface area contributed by atoms with E-state index >= 15 is 0 Å². The quantitative estimate of drug-likeness (QED) is 0.881. The van der Waals surface area contributed by atoms with Gasteiger partial charge in [-0.05, 0) is 40.0 Å². The van der Waals surface area contributed by atoms with Gasteiger partial charge in [0, 0.05) is 13.0 Å². The molecule has 0 bridgehead atoms. The molecule has 1 heterocycles. The van der Waals surface area contributed by atoms with Crippen LogP contribution in [-0.4, -0.2) is 35.5 Å². The first-order valence-electron chi connectivity index (χ1n) is 6.85. The number of hydrogen-bond acceptors (Lipinski definition) is 3. The van der Waals surface area contributed by atoms with Crippen LogP contribution < -0.4 is 4.74 Å². The molecule has 2 atom stereocenters. The van der Waals surface area contributed by atoms with Gasteiger partial charge in [0.25, 0.3) is 0 Å². The lowest BCUT2D eigenvalue weighted by molar-refractivity contribution is -0.142. The summed E-state index contributed by atoms with van der Waals surface area (Å²) in [6.07, 6.45) is 0.857. The van der Waals surface area contributed by atoms with Crippen LogP contribution in [0.1, 0.15) is 31.4 Å². The van der Waals surface area contributed by atoms with Crippen molar-refractivity contribution in [2.75, 3.05) is 13.7 Å². The van der Waals surface area contributed by atoms with Crippen LogP contribution in [0.5, 0.6) is 5.75 Å². The SMILES string of the molecule is CCCN1C(=O)CC(C(=O)O)C1c1ccc(OC)c(Br)c1. The molecule has 1 fully saturated rings. The second-order valence-electron chi connectivity index (χ2n) is 5.07. The highest BCUT2D eigenvalue weighted by molar-refractivity contribution is 9.10. The average Bonchev–Trinajstić information content (AvgIpc) is 2.77. The molecule has 0 aromatic heterocycles. The first-order valence-corrected chi connectivity index (χ1v) is 7.64. The van der Waals surface area contributed by atoms with Crippen molar-refractivity contribution < 1.29 is 19.4 Å². The molecule has 6 heteroatoms. The average molecular weight is 356 g/mol. The van der Waals surface area contributed by atoms with Crippen LogP contribution in [0, 0.1) is 5.92 Å². The number of methoxy groups -OCH3 is 1. The Kier molecular flexibility index (Phi) is 4.88. The molecule has 1 amide bonds. The summed E-state index contributed by atoms with van der Waals surface area (Å²) in [5, 5.41) is 9.40. The molecule has 1 saturated heterocycles. The number of aliphatic carboxylic acids is 1. The number of benzene rings is 1. The zero-order chi connectivity index (χ0) is 15.6. The molecule has 1 aromatic rings. The Bertz CT molecular complexity index is 561. The van der Waals surface area contributed by atoms with Gasteiger partial charge in [-0.1, -0.05) is 13.0 Å². The third-order valence-corrected chi connectivity index (χ3v) is 4.35. The minimum Gasteiger partial charge on any atom is -0.496 e. The van der Waals surface area contributed by atoms with Crippen molar-refractivity contribution in [2.45, 2.75) is 25.8 Å². The molecule has 1 aromatic carbocycles. The van der Waals surface area contributed by atoms with E-state index < -0.39 is 17.9 Å². The molecule has 2 rings (SSSR count). The number of carbonyl (C=O) groups excluding carboxylic acids is 1. The minimum absolute atomic E-state index is 0.0592. The minimum atomic E-state index is -0.932. The summed E-state index contributed by atoms with van der Waals surface area (Å²) in [4.78, 5) is 25.2. The maximum absolute atomic E-state index is 12.1. The van der Waals surface area contributed by atoms with Crippen LogP contribution >= 0.6 is 15.9 Å². The fourth-order valence-corrected chi connectivity index (χ4v) is 3.35. The zero-order valence-corrected chi connectivity index (χ0v) is 13.6. The van der Waals surface area contributed by atoms with Gasteiger partial charge < -0.3 is 14.7 Å². The number of amides is 1. The lowest BCUT2D eigenvalue weighted by atomic mass is 9.93. The standard InChI is InChI=1S/C15H18BrNO4/c1-3-6-17-13(18)8-10(15(19)20)14(17)9-4-5-12(21-2)11(16)7-9/h4-5,7,10,14H,3,6,8H2,1-2H3,(H,19,20). The molecular formula is C15H18BrNO4. The Balaban J connectivity index is 2.42. The first kappa shape index (κ1) is 15.8. The predicted octanol–water partition coefficient (Wildman–Crippen LogP) is 2.84. The Morgan fingerprint density at radius 3 is 2.76 bits per heavy atom. The van der Waals surface area contributed by atoms with Gasteiger partial charge in [-0.25, -0.2) is 0 Å². The Morgan fingerprint density at radius 1 is 1.52 bits per heavy atom. The van der Waals surface area contributed by atoms with E-state index in [-0.39, 0.29) is 12.3 Å². The maximum Gasteiger partial charge on any atom is 0.309 e. The molecule has 114 valence electrons. The third-order valence-electron chi connectivity index (χ3n) is 3.73. The van der Waals surface area contributed by atoms with Crippen LogP contribution in [0.3, 0.4) is 0 Å². The lowest BCUT2D eigenvalue weighted by Gasteiger charge is -2.27. The second-order valence-corrected chi connectivity index (χ2v) is 5.93. The molecule has 1 aliphatic heterocycles. The molecular weight excluding hydrogens is 338 g/mol. The van der Waals surface area contributed by atoms with Crippen molar-refractivity contribution in [1.82, 2.24) is 4.90 Å². The topological polar surface area (TPSA) is 66.8 Å². The van der Waals surface area contributed by atoms with Crippen LogP contribution in [0.15, 0.2) is 22.7 Å². The van der Waals surface area contributed by atoms with Crippen molar-refractivity contribution in [2.24, 2.45) is 5.92 Å². The van der Waals surface area contributed by atoms with Gasteiger partial charge in [0.1, 0.15) is 5.75 Å². The van der Waals surface area contributed by atoms with Gasteiger partial charge in [-0.3, -0.25) is 9.59 Å². The molecule has 0 saturated carbocycles. The number of carboxylic acids is 1. The molecule has 1 N–H and O–H groups in total. The van der Waals surface area contributed by atoms with Gasteiger partial charge >= 0.3 is 5.97 Å². The van der Waals surface area contributed by atoms with Gasteiger partial charge in [0.15, 0.2) is 0 Å². The van der Waals surface area contributed by atoms with Crippen molar-refractivity contribution in [1.29, 1.82) is 0 Å². The van der Waals surface area contributed by atoms with Crippen LogP contribution in [0.2, 0.25) is 0 Å². The third kappa shape index (κ3) is 3.05. The lowest BCUT2D eigenvalue weighted by Crippen LogP contribution is -2.31. The summed E-state index contributed by atoms with van der Waals surface area (Å²) < 4.78 is 5.94. The van der Waals surface area contributed by atoms with E-state index in [4.69, 9.17) is 4.74 Å². The van der Waals surface area contributed by atoms with Crippen molar-refractivity contribution >= 4 is 27.8 Å². The fraction of sp³-hybridized carbons (Fsp3) is 0.467. The zero-order valence-electron chi connectivity index (χ0n) is 12.0. The van der Waals surface area contributed by atoms with E-state index in [2.05, 4.69) is 15.9 Å².